The molecular formula is C15H24N6O2. The smallest absolute Gasteiger partial charge is 0.227 e. The number of aromatic nitrogens is 4. The van der Waals surface area contributed by atoms with E-state index in [1.165, 1.54) is 12.8 Å². The van der Waals surface area contributed by atoms with E-state index in [2.05, 4.69) is 20.6 Å². The van der Waals surface area contributed by atoms with E-state index in [1.54, 1.807) is 11.9 Å². The fourth-order valence-electron chi connectivity index (χ4n) is 3.74. The highest BCUT2D eigenvalue weighted by Gasteiger charge is 2.39. The van der Waals surface area contributed by atoms with E-state index in [0.717, 1.165) is 12.8 Å². The number of hydrogen-bond acceptors (Lipinski definition) is 5. The molecule has 23 heavy (non-hydrogen) atoms. The van der Waals surface area contributed by atoms with Crippen LogP contribution in [0.25, 0.3) is 0 Å². The lowest BCUT2D eigenvalue weighted by Crippen LogP contribution is -2.38. The van der Waals surface area contributed by atoms with E-state index < -0.39 is 0 Å². The van der Waals surface area contributed by atoms with Gasteiger partial charge in [-0.2, -0.15) is 5.21 Å². The average molecular weight is 320 g/mol. The molecule has 1 saturated heterocycles. The van der Waals surface area contributed by atoms with Crippen molar-refractivity contribution in [2.75, 3.05) is 20.1 Å². The molecule has 8 heteroatoms. The molecule has 0 bridgehead atoms. The zero-order valence-corrected chi connectivity index (χ0v) is 13.7. The third-order valence-corrected chi connectivity index (χ3v) is 5.00. The Morgan fingerprint density at radius 3 is 2.83 bits per heavy atom. The van der Waals surface area contributed by atoms with E-state index in [9.17, 15) is 9.59 Å². The maximum absolute atomic E-state index is 12.6. The van der Waals surface area contributed by atoms with Crippen molar-refractivity contribution >= 4 is 11.8 Å². The number of carbonyl (C=O) groups excluding carboxylic acids is 2. The first-order valence-corrected chi connectivity index (χ1v) is 8.34. The lowest BCUT2D eigenvalue weighted by atomic mass is 10.1. The van der Waals surface area contributed by atoms with Gasteiger partial charge in [0.05, 0.1) is 5.92 Å². The lowest BCUT2D eigenvalue weighted by Gasteiger charge is -2.25. The SMILES string of the molecule is C[C@@H](CN(C)C(=O)[C@H]1CC(=O)N(C2CCCC2)C1)c1nn[nH]n1. The molecule has 126 valence electrons. The molecule has 2 heterocycles. The van der Waals surface area contributed by atoms with Gasteiger partial charge in [0, 0.05) is 38.5 Å². The van der Waals surface area contributed by atoms with Gasteiger partial charge in [-0.1, -0.05) is 25.0 Å². The molecule has 0 radical (unpaired) electrons. The molecule has 0 spiro atoms. The van der Waals surface area contributed by atoms with Crippen LogP contribution in [-0.4, -0.2) is 68.4 Å². The van der Waals surface area contributed by atoms with Gasteiger partial charge in [-0.05, 0) is 12.8 Å². The Kier molecular flexibility index (Phi) is 4.58. The summed E-state index contributed by atoms with van der Waals surface area (Å²) < 4.78 is 0. The molecule has 2 amide bonds. The van der Waals surface area contributed by atoms with E-state index in [4.69, 9.17) is 0 Å². The van der Waals surface area contributed by atoms with Crippen molar-refractivity contribution in [1.82, 2.24) is 30.4 Å². The largest absolute Gasteiger partial charge is 0.345 e. The Morgan fingerprint density at radius 2 is 2.17 bits per heavy atom. The maximum Gasteiger partial charge on any atom is 0.227 e. The van der Waals surface area contributed by atoms with Crippen molar-refractivity contribution in [2.45, 2.75) is 51.0 Å². The molecule has 0 aromatic carbocycles. The fraction of sp³-hybridized carbons (Fsp3) is 0.800. The molecule has 1 aromatic heterocycles. The van der Waals surface area contributed by atoms with Crippen molar-refractivity contribution in [2.24, 2.45) is 5.92 Å². The molecule has 1 aliphatic heterocycles. The Morgan fingerprint density at radius 1 is 1.43 bits per heavy atom. The highest BCUT2D eigenvalue weighted by molar-refractivity contribution is 5.89. The number of aromatic amines is 1. The highest BCUT2D eigenvalue weighted by Crippen LogP contribution is 2.30. The first-order valence-electron chi connectivity index (χ1n) is 8.34. The number of amides is 2. The number of nitrogens with zero attached hydrogens (tertiary/aromatic N) is 5. The van der Waals surface area contributed by atoms with Gasteiger partial charge in [0.25, 0.3) is 0 Å². The number of rotatable bonds is 5. The number of carbonyl (C=O) groups is 2. The van der Waals surface area contributed by atoms with Crippen molar-refractivity contribution in [3.05, 3.63) is 5.82 Å². The monoisotopic (exact) mass is 320 g/mol. The van der Waals surface area contributed by atoms with Crippen molar-refractivity contribution < 1.29 is 9.59 Å². The Labute approximate surface area is 135 Å². The number of H-pyrrole nitrogens is 1. The molecule has 0 unspecified atom stereocenters. The summed E-state index contributed by atoms with van der Waals surface area (Å²) in [6, 6.07) is 0.351. The Bertz CT molecular complexity index is 554. The van der Waals surface area contributed by atoms with Gasteiger partial charge in [0.1, 0.15) is 0 Å². The van der Waals surface area contributed by atoms with E-state index >= 15 is 0 Å². The van der Waals surface area contributed by atoms with Crippen LogP contribution in [-0.2, 0) is 9.59 Å². The van der Waals surface area contributed by atoms with Gasteiger partial charge < -0.3 is 9.80 Å². The molecule has 2 atom stereocenters. The van der Waals surface area contributed by atoms with Crippen molar-refractivity contribution in [3.8, 4) is 0 Å². The van der Waals surface area contributed by atoms with Crippen LogP contribution >= 0.6 is 0 Å². The predicted octanol–water partition coefficient (Wildman–Crippen LogP) is 0.553. The number of likely N-dealkylation sites (tertiary alicyclic amines) is 1. The van der Waals surface area contributed by atoms with Crippen LogP contribution in [0.4, 0.5) is 0 Å². The number of likely N-dealkylation sites (N-methyl/N-ethyl adjacent to an activating group) is 1. The van der Waals surface area contributed by atoms with Gasteiger partial charge >= 0.3 is 0 Å². The molecule has 1 saturated carbocycles. The standard InChI is InChI=1S/C15H24N6O2/c1-10(14-16-18-19-17-14)8-20(2)15(23)11-7-13(22)21(9-11)12-5-3-4-6-12/h10-12H,3-9H2,1-2H3,(H,16,17,18,19)/t10-,11-/m0/s1. The minimum atomic E-state index is -0.217. The summed E-state index contributed by atoms with van der Waals surface area (Å²) in [5, 5.41) is 13.9. The molecule has 2 aliphatic rings. The third kappa shape index (κ3) is 3.35. The molecule has 8 nitrogen and oxygen atoms in total. The second kappa shape index (κ2) is 6.64. The Balaban J connectivity index is 1.56. The minimum Gasteiger partial charge on any atom is -0.345 e. The quantitative estimate of drug-likeness (QED) is 0.855. The normalized spacial score (nSPS) is 23.5. The lowest BCUT2D eigenvalue weighted by molar-refractivity contribution is -0.134. The molecule has 3 rings (SSSR count). The zero-order chi connectivity index (χ0) is 16.4. The van der Waals surface area contributed by atoms with Gasteiger partial charge in [-0.15, -0.1) is 10.2 Å². The number of tetrazole rings is 1. The average Bonchev–Trinajstić information content (AvgIpc) is 3.27. The molecular weight excluding hydrogens is 296 g/mol. The zero-order valence-electron chi connectivity index (χ0n) is 13.7. The molecule has 2 fully saturated rings. The van der Waals surface area contributed by atoms with Gasteiger partial charge in [-0.25, -0.2) is 0 Å². The first kappa shape index (κ1) is 15.9. The van der Waals surface area contributed by atoms with E-state index in [1.807, 2.05) is 11.8 Å². The van der Waals surface area contributed by atoms with Crippen LogP contribution in [0.3, 0.4) is 0 Å². The fourth-order valence-corrected chi connectivity index (χ4v) is 3.74. The second-order valence-electron chi connectivity index (χ2n) is 6.78. The maximum atomic E-state index is 12.6. The third-order valence-electron chi connectivity index (χ3n) is 5.00. The Hall–Kier alpha value is -1.99. The van der Waals surface area contributed by atoms with Gasteiger partial charge in [-0.3, -0.25) is 9.59 Å². The summed E-state index contributed by atoms with van der Waals surface area (Å²) in [6.07, 6.45) is 4.88. The van der Waals surface area contributed by atoms with Crippen LogP contribution in [0.1, 0.15) is 50.8 Å². The summed E-state index contributed by atoms with van der Waals surface area (Å²) in [6.45, 7) is 3.05. The first-order chi connectivity index (χ1) is 11.1. The van der Waals surface area contributed by atoms with Crippen LogP contribution in [0.15, 0.2) is 0 Å². The highest BCUT2D eigenvalue weighted by atomic mass is 16.2. The number of nitrogens with one attached hydrogen (secondary N) is 1. The van der Waals surface area contributed by atoms with Gasteiger partial charge in [0.2, 0.25) is 11.8 Å². The van der Waals surface area contributed by atoms with Crippen LogP contribution in [0, 0.1) is 5.92 Å². The minimum absolute atomic E-state index is 0.00531. The molecule has 1 N–H and O–H groups in total. The topological polar surface area (TPSA) is 95.1 Å². The van der Waals surface area contributed by atoms with Crippen LogP contribution < -0.4 is 0 Å². The van der Waals surface area contributed by atoms with Crippen LogP contribution in [0.5, 0.6) is 0 Å². The molecule has 1 aromatic rings. The summed E-state index contributed by atoms with van der Waals surface area (Å²) >= 11 is 0. The summed E-state index contributed by atoms with van der Waals surface area (Å²) in [5.41, 5.74) is 0. The summed E-state index contributed by atoms with van der Waals surface area (Å²) in [4.78, 5) is 28.5. The molecule has 1 aliphatic carbocycles. The van der Waals surface area contributed by atoms with E-state index in [0.29, 0.717) is 31.4 Å². The second-order valence-corrected chi connectivity index (χ2v) is 6.78. The van der Waals surface area contributed by atoms with Crippen LogP contribution in [0.2, 0.25) is 0 Å². The van der Waals surface area contributed by atoms with Crippen molar-refractivity contribution in [1.29, 1.82) is 0 Å². The number of hydrogen-bond donors (Lipinski definition) is 1. The summed E-state index contributed by atoms with van der Waals surface area (Å²) in [5.74, 6) is 0.556. The predicted molar refractivity (Wildman–Crippen MR) is 82.3 cm³/mol. The van der Waals surface area contributed by atoms with E-state index in [-0.39, 0.29) is 23.7 Å². The van der Waals surface area contributed by atoms with Crippen molar-refractivity contribution in [3.63, 3.8) is 0 Å². The van der Waals surface area contributed by atoms with Gasteiger partial charge in [0.15, 0.2) is 5.82 Å². The summed E-state index contributed by atoms with van der Waals surface area (Å²) in [7, 11) is 1.78.